The van der Waals surface area contributed by atoms with Crippen LogP contribution in [0.4, 0.5) is 0 Å². The smallest absolute Gasteiger partial charge is 0.124 e. The third-order valence-corrected chi connectivity index (χ3v) is 2.82. The van der Waals surface area contributed by atoms with Crippen LogP contribution >= 0.6 is 0 Å². The van der Waals surface area contributed by atoms with Crippen LogP contribution in [0.5, 0.6) is 11.5 Å². The number of aromatic nitrogens is 1. The molecule has 1 aromatic heterocycles. The molecule has 1 heterocycles. The number of hydrogen-bond donors (Lipinski definition) is 3. The van der Waals surface area contributed by atoms with Crippen LogP contribution in [0.25, 0.3) is 0 Å². The number of pyridine rings is 1. The van der Waals surface area contributed by atoms with Crippen molar-refractivity contribution >= 4 is 0 Å². The lowest BCUT2D eigenvalue weighted by atomic mass is 10.1. The third kappa shape index (κ3) is 2.99. The van der Waals surface area contributed by atoms with Crippen molar-refractivity contribution in [3.63, 3.8) is 0 Å². The van der Waals surface area contributed by atoms with E-state index in [1.165, 1.54) is 6.07 Å². The molecule has 18 heavy (non-hydrogen) atoms. The zero-order valence-electron chi connectivity index (χ0n) is 10.2. The van der Waals surface area contributed by atoms with Crippen molar-refractivity contribution in [2.45, 2.75) is 19.5 Å². The van der Waals surface area contributed by atoms with Crippen LogP contribution in [0, 0.1) is 0 Å². The van der Waals surface area contributed by atoms with Gasteiger partial charge in [-0.25, -0.2) is 0 Å². The number of aromatic hydroxyl groups is 2. The fourth-order valence-electron chi connectivity index (χ4n) is 1.78. The Morgan fingerprint density at radius 1 is 1.28 bits per heavy atom. The molecule has 4 heteroatoms. The average molecular weight is 244 g/mol. The number of rotatable bonds is 4. The van der Waals surface area contributed by atoms with Gasteiger partial charge in [-0.2, -0.15) is 0 Å². The molecule has 2 rings (SSSR count). The largest absolute Gasteiger partial charge is 0.508 e. The van der Waals surface area contributed by atoms with Crippen molar-refractivity contribution in [2.24, 2.45) is 0 Å². The van der Waals surface area contributed by atoms with Gasteiger partial charge in [0, 0.05) is 36.6 Å². The van der Waals surface area contributed by atoms with Crippen molar-refractivity contribution in [2.75, 3.05) is 0 Å². The quantitative estimate of drug-likeness (QED) is 0.772. The Balaban J connectivity index is 2.01. The predicted octanol–water partition coefficient (Wildman–Crippen LogP) is 2.34. The van der Waals surface area contributed by atoms with Crippen molar-refractivity contribution in [1.82, 2.24) is 10.3 Å². The highest BCUT2D eigenvalue weighted by atomic mass is 16.3. The molecule has 0 spiro atoms. The van der Waals surface area contributed by atoms with Gasteiger partial charge in [0.05, 0.1) is 0 Å². The Morgan fingerprint density at radius 2 is 2.11 bits per heavy atom. The monoisotopic (exact) mass is 244 g/mol. The van der Waals surface area contributed by atoms with Crippen molar-refractivity contribution in [1.29, 1.82) is 0 Å². The van der Waals surface area contributed by atoms with E-state index in [0.717, 1.165) is 11.1 Å². The van der Waals surface area contributed by atoms with E-state index in [-0.39, 0.29) is 17.5 Å². The minimum absolute atomic E-state index is 0.00851. The van der Waals surface area contributed by atoms with Gasteiger partial charge in [-0.05, 0) is 24.6 Å². The molecular formula is C14H16N2O2. The highest BCUT2D eigenvalue weighted by Crippen LogP contribution is 2.27. The average Bonchev–Trinajstić information content (AvgIpc) is 2.37. The second-order valence-electron chi connectivity index (χ2n) is 4.21. The third-order valence-electron chi connectivity index (χ3n) is 2.82. The number of phenols is 2. The van der Waals surface area contributed by atoms with E-state index in [1.54, 1.807) is 24.5 Å². The maximum absolute atomic E-state index is 9.75. The number of hydrogen-bond acceptors (Lipinski definition) is 4. The molecule has 1 unspecified atom stereocenters. The zero-order valence-corrected chi connectivity index (χ0v) is 10.2. The second-order valence-corrected chi connectivity index (χ2v) is 4.21. The molecule has 1 aromatic carbocycles. The van der Waals surface area contributed by atoms with E-state index in [2.05, 4.69) is 10.3 Å². The molecule has 0 bridgehead atoms. The van der Waals surface area contributed by atoms with Gasteiger partial charge >= 0.3 is 0 Å². The van der Waals surface area contributed by atoms with Gasteiger partial charge in [-0.15, -0.1) is 0 Å². The summed E-state index contributed by atoms with van der Waals surface area (Å²) < 4.78 is 0. The van der Waals surface area contributed by atoms with Gasteiger partial charge < -0.3 is 15.5 Å². The predicted molar refractivity (Wildman–Crippen MR) is 69.3 cm³/mol. The molecule has 0 saturated carbocycles. The molecule has 0 amide bonds. The van der Waals surface area contributed by atoms with Crippen molar-refractivity contribution in [3.8, 4) is 11.5 Å². The molecular weight excluding hydrogens is 228 g/mol. The Bertz CT molecular complexity index is 514. The zero-order chi connectivity index (χ0) is 13.0. The SMILES string of the molecule is CC(NCc1cccnc1)c1ccc(O)cc1O. The number of nitrogens with zero attached hydrogens (tertiary/aromatic N) is 1. The normalized spacial score (nSPS) is 12.3. The molecule has 0 radical (unpaired) electrons. The first-order valence-electron chi connectivity index (χ1n) is 5.81. The van der Waals surface area contributed by atoms with Crippen LogP contribution in [-0.4, -0.2) is 15.2 Å². The maximum Gasteiger partial charge on any atom is 0.124 e. The molecule has 2 aromatic rings. The summed E-state index contributed by atoms with van der Waals surface area (Å²) in [7, 11) is 0. The van der Waals surface area contributed by atoms with Crippen LogP contribution in [0.1, 0.15) is 24.1 Å². The minimum Gasteiger partial charge on any atom is -0.508 e. The Kier molecular flexibility index (Phi) is 3.79. The van der Waals surface area contributed by atoms with E-state index in [9.17, 15) is 10.2 Å². The van der Waals surface area contributed by atoms with Crippen molar-refractivity contribution in [3.05, 3.63) is 53.9 Å². The fraction of sp³-hybridized carbons (Fsp3) is 0.214. The standard InChI is InChI=1S/C14H16N2O2/c1-10(13-5-4-12(17)7-14(13)18)16-9-11-3-2-6-15-8-11/h2-8,10,16-18H,9H2,1H3. The molecule has 1 atom stereocenters. The second kappa shape index (κ2) is 5.51. The first kappa shape index (κ1) is 12.4. The molecule has 0 saturated heterocycles. The Morgan fingerprint density at radius 3 is 2.78 bits per heavy atom. The molecule has 0 aliphatic rings. The molecule has 4 nitrogen and oxygen atoms in total. The van der Waals surface area contributed by atoms with Crippen LogP contribution in [0.3, 0.4) is 0 Å². The summed E-state index contributed by atoms with van der Waals surface area (Å²) in [5.41, 5.74) is 1.85. The van der Waals surface area contributed by atoms with Crippen LogP contribution in [-0.2, 0) is 6.54 Å². The summed E-state index contributed by atoms with van der Waals surface area (Å²) in [6.07, 6.45) is 3.54. The first-order valence-corrected chi connectivity index (χ1v) is 5.81. The lowest BCUT2D eigenvalue weighted by molar-refractivity contribution is 0.436. The maximum atomic E-state index is 9.75. The molecule has 0 aliphatic heterocycles. The van der Waals surface area contributed by atoms with E-state index >= 15 is 0 Å². The molecule has 3 N–H and O–H groups in total. The summed E-state index contributed by atoms with van der Waals surface area (Å²) >= 11 is 0. The highest BCUT2D eigenvalue weighted by molar-refractivity contribution is 5.40. The highest BCUT2D eigenvalue weighted by Gasteiger charge is 2.10. The lowest BCUT2D eigenvalue weighted by Crippen LogP contribution is -2.18. The minimum atomic E-state index is -0.00851. The number of phenolic OH excluding ortho intramolecular Hbond substituents is 2. The van der Waals surface area contributed by atoms with Gasteiger partial charge in [-0.3, -0.25) is 4.98 Å². The van der Waals surface area contributed by atoms with Crippen LogP contribution in [0.15, 0.2) is 42.7 Å². The summed E-state index contributed by atoms with van der Waals surface area (Å²) in [4.78, 5) is 4.04. The molecule has 0 aliphatic carbocycles. The van der Waals surface area contributed by atoms with Crippen molar-refractivity contribution < 1.29 is 10.2 Å². The summed E-state index contributed by atoms with van der Waals surface area (Å²) in [6, 6.07) is 8.50. The van der Waals surface area contributed by atoms with E-state index in [1.807, 2.05) is 19.1 Å². The Hall–Kier alpha value is -2.07. The van der Waals surface area contributed by atoms with E-state index in [0.29, 0.717) is 6.54 Å². The molecule has 94 valence electrons. The summed E-state index contributed by atoms with van der Waals surface area (Å²) in [6.45, 7) is 2.64. The Labute approximate surface area is 106 Å². The fourth-order valence-corrected chi connectivity index (χ4v) is 1.78. The topological polar surface area (TPSA) is 65.4 Å². The lowest BCUT2D eigenvalue weighted by Gasteiger charge is -2.15. The van der Waals surface area contributed by atoms with E-state index < -0.39 is 0 Å². The summed E-state index contributed by atoms with van der Waals surface area (Å²) in [5, 5.41) is 22.3. The van der Waals surface area contributed by atoms with Gasteiger partial charge in [-0.1, -0.05) is 12.1 Å². The van der Waals surface area contributed by atoms with Gasteiger partial charge in [0.25, 0.3) is 0 Å². The van der Waals surface area contributed by atoms with E-state index in [4.69, 9.17) is 0 Å². The number of nitrogens with one attached hydrogen (secondary N) is 1. The van der Waals surface area contributed by atoms with Crippen LogP contribution in [0.2, 0.25) is 0 Å². The van der Waals surface area contributed by atoms with Gasteiger partial charge in [0.2, 0.25) is 0 Å². The molecule has 0 fully saturated rings. The van der Waals surface area contributed by atoms with Crippen LogP contribution < -0.4 is 5.32 Å². The first-order chi connectivity index (χ1) is 8.66. The number of benzene rings is 1. The van der Waals surface area contributed by atoms with Gasteiger partial charge in [0.1, 0.15) is 11.5 Å². The summed E-state index contributed by atoms with van der Waals surface area (Å²) in [5.74, 6) is 0.164. The van der Waals surface area contributed by atoms with Gasteiger partial charge in [0.15, 0.2) is 0 Å².